The van der Waals surface area contributed by atoms with Gasteiger partial charge in [-0.2, -0.15) is 0 Å². The van der Waals surface area contributed by atoms with E-state index in [0.717, 1.165) is 18.5 Å². The van der Waals surface area contributed by atoms with Crippen molar-refractivity contribution in [1.82, 2.24) is 5.32 Å². The van der Waals surface area contributed by atoms with Crippen LogP contribution < -0.4 is 5.32 Å². The monoisotopic (exact) mass is 235 g/mol. The lowest BCUT2D eigenvalue weighted by Crippen LogP contribution is -2.24. The van der Waals surface area contributed by atoms with E-state index in [1.54, 1.807) is 24.3 Å². The molecule has 0 unspecified atom stereocenters. The number of hydrogen-bond donors (Lipinski definition) is 2. The first-order valence-electron chi connectivity index (χ1n) is 6.26. The SMILES string of the molecule is CCCCCCNC(=O)c1ccc(CO)cc1. The maximum atomic E-state index is 11.7. The quantitative estimate of drug-likeness (QED) is 0.713. The molecule has 1 aromatic carbocycles. The first-order chi connectivity index (χ1) is 8.27. The molecule has 0 saturated carbocycles. The zero-order valence-corrected chi connectivity index (χ0v) is 10.4. The van der Waals surface area contributed by atoms with E-state index in [1.807, 2.05) is 0 Å². The Hall–Kier alpha value is -1.35. The Kier molecular flexibility index (Phi) is 6.33. The number of unbranched alkanes of at least 4 members (excludes halogenated alkanes) is 3. The highest BCUT2D eigenvalue weighted by Gasteiger charge is 2.03. The third-order valence-electron chi connectivity index (χ3n) is 2.71. The maximum Gasteiger partial charge on any atom is 0.251 e. The number of benzene rings is 1. The number of carbonyl (C=O) groups is 1. The highest BCUT2D eigenvalue weighted by atomic mass is 16.3. The zero-order valence-electron chi connectivity index (χ0n) is 10.4. The highest BCUT2D eigenvalue weighted by Crippen LogP contribution is 2.04. The van der Waals surface area contributed by atoms with Crippen molar-refractivity contribution in [2.75, 3.05) is 6.54 Å². The van der Waals surface area contributed by atoms with E-state index in [4.69, 9.17) is 5.11 Å². The van der Waals surface area contributed by atoms with Crippen LogP contribution in [-0.4, -0.2) is 17.6 Å². The summed E-state index contributed by atoms with van der Waals surface area (Å²) in [5.74, 6) is -0.0361. The lowest BCUT2D eigenvalue weighted by molar-refractivity contribution is 0.0953. The Bertz CT molecular complexity index is 333. The van der Waals surface area contributed by atoms with Gasteiger partial charge < -0.3 is 10.4 Å². The summed E-state index contributed by atoms with van der Waals surface area (Å²) in [6, 6.07) is 7.03. The van der Waals surface area contributed by atoms with E-state index in [2.05, 4.69) is 12.2 Å². The Morgan fingerprint density at radius 1 is 1.18 bits per heavy atom. The molecule has 0 spiro atoms. The van der Waals surface area contributed by atoms with Gasteiger partial charge in [0, 0.05) is 12.1 Å². The van der Waals surface area contributed by atoms with Gasteiger partial charge in [-0.15, -0.1) is 0 Å². The second kappa shape index (κ2) is 7.85. The van der Waals surface area contributed by atoms with Crippen LogP contribution in [0.3, 0.4) is 0 Å². The molecule has 0 heterocycles. The molecule has 1 rings (SSSR count). The van der Waals surface area contributed by atoms with E-state index < -0.39 is 0 Å². The van der Waals surface area contributed by atoms with Gasteiger partial charge in [-0.3, -0.25) is 4.79 Å². The second-order valence-corrected chi connectivity index (χ2v) is 4.17. The smallest absolute Gasteiger partial charge is 0.251 e. The standard InChI is InChI=1S/C14H21NO2/c1-2-3-4-5-10-15-14(17)13-8-6-12(11-16)7-9-13/h6-9,16H,2-5,10-11H2,1H3,(H,15,17). The molecule has 0 fully saturated rings. The first kappa shape index (κ1) is 13.7. The molecule has 0 radical (unpaired) electrons. The van der Waals surface area contributed by atoms with E-state index in [0.29, 0.717) is 5.56 Å². The molecule has 0 aliphatic rings. The van der Waals surface area contributed by atoms with Crippen molar-refractivity contribution in [3.63, 3.8) is 0 Å². The second-order valence-electron chi connectivity index (χ2n) is 4.17. The van der Waals surface area contributed by atoms with Crippen LogP contribution in [0.2, 0.25) is 0 Å². The van der Waals surface area contributed by atoms with Crippen molar-refractivity contribution in [3.05, 3.63) is 35.4 Å². The van der Waals surface area contributed by atoms with Gasteiger partial charge in [0.05, 0.1) is 6.61 Å². The molecule has 3 heteroatoms. The summed E-state index contributed by atoms with van der Waals surface area (Å²) in [7, 11) is 0. The summed E-state index contributed by atoms with van der Waals surface area (Å²) >= 11 is 0. The molecule has 17 heavy (non-hydrogen) atoms. The average Bonchev–Trinajstić information content (AvgIpc) is 2.38. The number of nitrogens with one attached hydrogen (secondary N) is 1. The molecule has 2 N–H and O–H groups in total. The Balaban J connectivity index is 2.31. The van der Waals surface area contributed by atoms with Crippen LogP contribution in [0.5, 0.6) is 0 Å². The van der Waals surface area contributed by atoms with Crippen molar-refractivity contribution in [2.45, 2.75) is 39.2 Å². The number of hydrogen-bond acceptors (Lipinski definition) is 2. The Morgan fingerprint density at radius 3 is 2.47 bits per heavy atom. The summed E-state index contributed by atoms with van der Waals surface area (Å²) in [5, 5.41) is 11.8. The van der Waals surface area contributed by atoms with Gasteiger partial charge in [0.25, 0.3) is 5.91 Å². The lowest BCUT2D eigenvalue weighted by Gasteiger charge is -2.05. The first-order valence-corrected chi connectivity index (χ1v) is 6.26. The third kappa shape index (κ3) is 5.00. The zero-order chi connectivity index (χ0) is 12.5. The predicted octanol–water partition coefficient (Wildman–Crippen LogP) is 2.49. The fraction of sp³-hybridized carbons (Fsp3) is 0.500. The van der Waals surface area contributed by atoms with Crippen LogP contribution in [0.1, 0.15) is 48.5 Å². The molecule has 0 aliphatic heterocycles. The van der Waals surface area contributed by atoms with Gasteiger partial charge in [0.1, 0.15) is 0 Å². The fourth-order valence-corrected chi connectivity index (χ4v) is 1.62. The van der Waals surface area contributed by atoms with Gasteiger partial charge >= 0.3 is 0 Å². The Morgan fingerprint density at radius 2 is 1.88 bits per heavy atom. The molecule has 0 aromatic heterocycles. The number of aliphatic hydroxyl groups excluding tert-OH is 1. The molecule has 0 atom stereocenters. The molecule has 0 aliphatic carbocycles. The van der Waals surface area contributed by atoms with Crippen molar-refractivity contribution in [2.24, 2.45) is 0 Å². The molecule has 3 nitrogen and oxygen atoms in total. The summed E-state index contributed by atoms with van der Waals surface area (Å²) in [4.78, 5) is 11.7. The van der Waals surface area contributed by atoms with Crippen LogP contribution in [0.25, 0.3) is 0 Å². The maximum absolute atomic E-state index is 11.7. The van der Waals surface area contributed by atoms with Crippen LogP contribution >= 0.6 is 0 Å². The highest BCUT2D eigenvalue weighted by molar-refractivity contribution is 5.94. The van der Waals surface area contributed by atoms with Crippen LogP contribution in [0.4, 0.5) is 0 Å². The molecule has 94 valence electrons. The number of rotatable bonds is 7. The fourth-order valence-electron chi connectivity index (χ4n) is 1.62. The molecule has 1 aromatic rings. The number of amides is 1. The van der Waals surface area contributed by atoms with Crippen LogP contribution in [0.15, 0.2) is 24.3 Å². The Labute approximate surface area is 103 Å². The minimum Gasteiger partial charge on any atom is -0.392 e. The van der Waals surface area contributed by atoms with Crippen LogP contribution in [0, 0.1) is 0 Å². The third-order valence-corrected chi connectivity index (χ3v) is 2.71. The molecule has 1 amide bonds. The molecular weight excluding hydrogens is 214 g/mol. The number of carbonyl (C=O) groups excluding carboxylic acids is 1. The van der Waals surface area contributed by atoms with E-state index >= 15 is 0 Å². The minimum atomic E-state index is -0.0361. The topological polar surface area (TPSA) is 49.3 Å². The molecule has 0 saturated heterocycles. The largest absolute Gasteiger partial charge is 0.392 e. The van der Waals surface area contributed by atoms with Crippen LogP contribution in [-0.2, 0) is 6.61 Å². The summed E-state index contributed by atoms with van der Waals surface area (Å²) < 4.78 is 0. The van der Waals surface area contributed by atoms with Gasteiger partial charge in [-0.1, -0.05) is 38.3 Å². The van der Waals surface area contributed by atoms with Gasteiger partial charge in [0.2, 0.25) is 0 Å². The van der Waals surface area contributed by atoms with Gasteiger partial charge in [0.15, 0.2) is 0 Å². The van der Waals surface area contributed by atoms with Gasteiger partial charge in [-0.05, 0) is 24.1 Å². The van der Waals surface area contributed by atoms with Crippen molar-refractivity contribution in [3.8, 4) is 0 Å². The van der Waals surface area contributed by atoms with Crippen molar-refractivity contribution in [1.29, 1.82) is 0 Å². The lowest BCUT2D eigenvalue weighted by atomic mass is 10.1. The van der Waals surface area contributed by atoms with E-state index in [1.165, 1.54) is 19.3 Å². The minimum absolute atomic E-state index is 0.0128. The molecule has 0 bridgehead atoms. The van der Waals surface area contributed by atoms with E-state index in [-0.39, 0.29) is 12.5 Å². The van der Waals surface area contributed by atoms with Crippen molar-refractivity contribution >= 4 is 5.91 Å². The summed E-state index contributed by atoms with van der Waals surface area (Å²) in [5.41, 5.74) is 1.47. The molecular formula is C14H21NO2. The van der Waals surface area contributed by atoms with E-state index in [9.17, 15) is 4.79 Å². The summed E-state index contributed by atoms with van der Waals surface area (Å²) in [6.07, 6.45) is 4.63. The predicted molar refractivity (Wildman–Crippen MR) is 68.8 cm³/mol. The summed E-state index contributed by atoms with van der Waals surface area (Å²) in [6.45, 7) is 2.92. The van der Waals surface area contributed by atoms with Crippen molar-refractivity contribution < 1.29 is 9.90 Å². The average molecular weight is 235 g/mol. The normalized spacial score (nSPS) is 10.2. The van der Waals surface area contributed by atoms with Gasteiger partial charge in [-0.25, -0.2) is 0 Å². The number of aliphatic hydroxyl groups is 1.